The van der Waals surface area contributed by atoms with Gasteiger partial charge in [-0.1, -0.05) is 27.7 Å². The summed E-state index contributed by atoms with van der Waals surface area (Å²) < 4.78 is 0. The fraction of sp³-hybridized carbons (Fsp3) is 0.833. The first-order chi connectivity index (χ1) is 7.59. The van der Waals surface area contributed by atoms with Crippen LogP contribution in [0.25, 0.3) is 0 Å². The summed E-state index contributed by atoms with van der Waals surface area (Å²) >= 11 is 1.76. The molecule has 0 aromatic carbocycles. The molecule has 0 spiro atoms. The highest BCUT2D eigenvalue weighted by Crippen LogP contribution is 2.19. The molecule has 0 aliphatic rings. The van der Waals surface area contributed by atoms with Gasteiger partial charge in [0.05, 0.1) is 0 Å². The molecule has 0 atom stereocenters. The van der Waals surface area contributed by atoms with Gasteiger partial charge in [-0.25, -0.2) is 0 Å². The number of hydrogen-bond donors (Lipinski definition) is 1. The number of nitrogens with zero attached hydrogens (tertiary/aromatic N) is 2. The summed E-state index contributed by atoms with van der Waals surface area (Å²) in [6.45, 7) is 11.0. The topological polar surface area (TPSA) is 37.8 Å². The van der Waals surface area contributed by atoms with Gasteiger partial charge >= 0.3 is 0 Å². The van der Waals surface area contributed by atoms with Crippen molar-refractivity contribution in [3.8, 4) is 0 Å². The molecule has 0 bridgehead atoms. The van der Waals surface area contributed by atoms with Gasteiger partial charge in [-0.3, -0.25) is 0 Å². The molecule has 0 radical (unpaired) electrons. The Morgan fingerprint density at radius 3 is 2.50 bits per heavy atom. The quantitative estimate of drug-likeness (QED) is 0.746. The molecule has 0 aliphatic heterocycles. The maximum Gasteiger partial charge on any atom is 0.119 e. The molecule has 4 heteroatoms. The molecule has 1 N–H and O–H groups in total. The second kappa shape index (κ2) is 6.97. The number of nitrogens with one attached hydrogen (secondary N) is 1. The van der Waals surface area contributed by atoms with Crippen molar-refractivity contribution < 1.29 is 0 Å². The van der Waals surface area contributed by atoms with Gasteiger partial charge in [0.15, 0.2) is 0 Å². The van der Waals surface area contributed by atoms with Crippen LogP contribution in [0.2, 0.25) is 0 Å². The molecular formula is C12H23N3S. The van der Waals surface area contributed by atoms with E-state index < -0.39 is 0 Å². The summed E-state index contributed by atoms with van der Waals surface area (Å²) in [7, 11) is 0. The summed E-state index contributed by atoms with van der Waals surface area (Å²) in [5, 5.41) is 14.2. The van der Waals surface area contributed by atoms with E-state index in [-0.39, 0.29) is 0 Å². The van der Waals surface area contributed by atoms with Crippen molar-refractivity contribution in [2.45, 2.75) is 46.5 Å². The molecule has 1 aromatic rings. The summed E-state index contributed by atoms with van der Waals surface area (Å²) in [5.74, 6) is 1.24. The lowest BCUT2D eigenvalue weighted by atomic mass is 10.2. The molecule has 0 unspecified atom stereocenters. The highest BCUT2D eigenvalue weighted by atomic mass is 32.1. The van der Waals surface area contributed by atoms with Crippen molar-refractivity contribution in [3.63, 3.8) is 0 Å². The lowest BCUT2D eigenvalue weighted by Gasteiger charge is -2.05. The summed E-state index contributed by atoms with van der Waals surface area (Å²) in [6.07, 6.45) is 2.20. The number of aryl methyl sites for hydroxylation is 1. The highest BCUT2D eigenvalue weighted by Gasteiger charge is 2.06. The van der Waals surface area contributed by atoms with Crippen LogP contribution < -0.4 is 5.32 Å². The molecule has 1 heterocycles. The molecule has 0 saturated heterocycles. The van der Waals surface area contributed by atoms with Gasteiger partial charge in [0.2, 0.25) is 0 Å². The Morgan fingerprint density at radius 1 is 1.19 bits per heavy atom. The summed E-state index contributed by atoms with van der Waals surface area (Å²) in [5.41, 5.74) is 0. The van der Waals surface area contributed by atoms with E-state index >= 15 is 0 Å². The Balaban J connectivity index is 2.17. The van der Waals surface area contributed by atoms with Crippen LogP contribution >= 0.6 is 11.3 Å². The average molecular weight is 241 g/mol. The zero-order valence-corrected chi connectivity index (χ0v) is 11.6. The highest BCUT2D eigenvalue weighted by molar-refractivity contribution is 7.11. The van der Waals surface area contributed by atoms with Crippen LogP contribution in [0.15, 0.2) is 0 Å². The van der Waals surface area contributed by atoms with Gasteiger partial charge in [0.1, 0.15) is 10.0 Å². The minimum atomic E-state index is 0.505. The van der Waals surface area contributed by atoms with E-state index in [1.807, 2.05) is 0 Å². The van der Waals surface area contributed by atoms with Crippen LogP contribution in [0, 0.1) is 5.92 Å². The van der Waals surface area contributed by atoms with Crippen LogP contribution in [-0.2, 0) is 6.42 Å². The van der Waals surface area contributed by atoms with Crippen LogP contribution in [0.5, 0.6) is 0 Å². The predicted octanol–water partition coefficient (Wildman–Crippen LogP) is 2.84. The largest absolute Gasteiger partial charge is 0.316 e. The van der Waals surface area contributed by atoms with Crippen molar-refractivity contribution >= 4 is 11.3 Å². The minimum Gasteiger partial charge on any atom is -0.316 e. The third kappa shape index (κ3) is 5.03. The van der Waals surface area contributed by atoms with E-state index in [1.54, 1.807) is 11.3 Å². The molecule has 0 fully saturated rings. The lowest BCUT2D eigenvalue weighted by molar-refractivity contribution is 0.542. The fourth-order valence-corrected chi connectivity index (χ4v) is 2.24. The third-order valence-electron chi connectivity index (χ3n) is 2.27. The Morgan fingerprint density at radius 2 is 1.94 bits per heavy atom. The molecule has 16 heavy (non-hydrogen) atoms. The molecule has 1 aromatic heterocycles. The van der Waals surface area contributed by atoms with Gasteiger partial charge in [-0.05, 0) is 25.4 Å². The molecule has 92 valence electrons. The second-order valence-electron chi connectivity index (χ2n) is 4.89. The van der Waals surface area contributed by atoms with Crippen molar-refractivity contribution in [1.29, 1.82) is 0 Å². The SMILES string of the molecule is CC(C)CNCCCc1nnc(C(C)C)s1. The van der Waals surface area contributed by atoms with Crippen LogP contribution in [0.3, 0.4) is 0 Å². The third-order valence-corrected chi connectivity index (χ3v) is 3.56. The predicted molar refractivity (Wildman–Crippen MR) is 70.0 cm³/mol. The molecule has 3 nitrogen and oxygen atoms in total. The Hall–Kier alpha value is -0.480. The van der Waals surface area contributed by atoms with Crippen molar-refractivity contribution in [2.75, 3.05) is 13.1 Å². The van der Waals surface area contributed by atoms with Crippen LogP contribution in [0.1, 0.15) is 50.0 Å². The lowest BCUT2D eigenvalue weighted by Crippen LogP contribution is -2.21. The smallest absolute Gasteiger partial charge is 0.119 e. The second-order valence-corrected chi connectivity index (χ2v) is 5.98. The number of rotatable bonds is 7. The monoisotopic (exact) mass is 241 g/mol. The van der Waals surface area contributed by atoms with Gasteiger partial charge in [-0.15, -0.1) is 21.5 Å². The summed E-state index contributed by atoms with van der Waals surface area (Å²) in [4.78, 5) is 0. The van der Waals surface area contributed by atoms with Gasteiger partial charge in [0.25, 0.3) is 0 Å². The van der Waals surface area contributed by atoms with E-state index in [0.717, 1.165) is 36.9 Å². The van der Waals surface area contributed by atoms with Crippen LogP contribution in [-0.4, -0.2) is 23.3 Å². The maximum atomic E-state index is 4.21. The van der Waals surface area contributed by atoms with E-state index in [0.29, 0.717) is 5.92 Å². The first-order valence-electron chi connectivity index (χ1n) is 6.12. The first kappa shape index (κ1) is 13.6. The molecule has 0 saturated carbocycles. The molecular weight excluding hydrogens is 218 g/mol. The maximum absolute atomic E-state index is 4.21. The Labute approximate surface area is 103 Å². The van der Waals surface area contributed by atoms with Crippen molar-refractivity contribution in [3.05, 3.63) is 10.0 Å². The molecule has 0 aliphatic carbocycles. The zero-order chi connectivity index (χ0) is 12.0. The zero-order valence-electron chi connectivity index (χ0n) is 10.8. The van der Waals surface area contributed by atoms with Gasteiger partial charge in [-0.2, -0.15) is 0 Å². The average Bonchev–Trinajstić information content (AvgIpc) is 2.65. The van der Waals surface area contributed by atoms with Gasteiger partial charge < -0.3 is 5.32 Å². The molecule has 1 rings (SSSR count). The Kier molecular flexibility index (Phi) is 5.91. The number of aromatic nitrogens is 2. The van der Waals surface area contributed by atoms with E-state index in [2.05, 4.69) is 43.2 Å². The first-order valence-corrected chi connectivity index (χ1v) is 6.94. The van der Waals surface area contributed by atoms with E-state index in [4.69, 9.17) is 0 Å². The number of hydrogen-bond acceptors (Lipinski definition) is 4. The van der Waals surface area contributed by atoms with Crippen molar-refractivity contribution in [1.82, 2.24) is 15.5 Å². The standard InChI is InChI=1S/C12H23N3S/c1-9(2)8-13-7-5-6-11-14-15-12(16-11)10(3)4/h9-10,13H,5-8H2,1-4H3. The minimum absolute atomic E-state index is 0.505. The van der Waals surface area contributed by atoms with Gasteiger partial charge in [0, 0.05) is 12.3 Å². The molecule has 0 amide bonds. The Bertz CT molecular complexity index is 294. The fourth-order valence-electron chi connectivity index (χ4n) is 1.36. The normalized spacial score (nSPS) is 11.6. The van der Waals surface area contributed by atoms with Crippen molar-refractivity contribution in [2.24, 2.45) is 5.92 Å². The van der Waals surface area contributed by atoms with E-state index in [9.17, 15) is 0 Å². The van der Waals surface area contributed by atoms with E-state index in [1.165, 1.54) is 5.01 Å². The van der Waals surface area contributed by atoms with Crippen LogP contribution in [0.4, 0.5) is 0 Å². The summed E-state index contributed by atoms with van der Waals surface area (Å²) in [6, 6.07) is 0.